The Bertz CT molecular complexity index is 348. The fraction of sp³-hybridized carbons (Fsp3) is 0.538. The van der Waals surface area contributed by atoms with E-state index in [2.05, 4.69) is 17.1 Å². The second-order valence-corrected chi connectivity index (χ2v) is 4.51. The van der Waals surface area contributed by atoms with Crippen molar-refractivity contribution in [3.05, 3.63) is 29.6 Å². The summed E-state index contributed by atoms with van der Waals surface area (Å²) in [5.41, 5.74) is 2.49. The molecule has 1 aromatic rings. The number of hydrogen-bond acceptors (Lipinski definition) is 2. The number of aldehydes is 1. The molecule has 0 amide bonds. The number of rotatable bonds is 3. The summed E-state index contributed by atoms with van der Waals surface area (Å²) in [6, 6.07) is 4.29. The molecule has 1 heterocycles. The maximum atomic E-state index is 10.4. The summed E-state index contributed by atoms with van der Waals surface area (Å²) >= 11 is 0. The van der Waals surface area contributed by atoms with Gasteiger partial charge in [0.05, 0.1) is 0 Å². The van der Waals surface area contributed by atoms with E-state index in [4.69, 9.17) is 0 Å². The zero-order valence-electron chi connectivity index (χ0n) is 9.15. The van der Waals surface area contributed by atoms with Crippen LogP contribution in [0.1, 0.15) is 42.9 Å². The van der Waals surface area contributed by atoms with Crippen molar-refractivity contribution in [1.29, 1.82) is 0 Å². The quantitative estimate of drug-likeness (QED) is 0.707. The van der Waals surface area contributed by atoms with Crippen molar-refractivity contribution in [2.24, 2.45) is 5.92 Å². The first-order valence-corrected chi connectivity index (χ1v) is 5.66. The number of pyridine rings is 1. The van der Waals surface area contributed by atoms with E-state index >= 15 is 0 Å². The van der Waals surface area contributed by atoms with Gasteiger partial charge in [0.15, 0.2) is 0 Å². The second kappa shape index (κ2) is 4.56. The zero-order valence-corrected chi connectivity index (χ0v) is 9.15. The molecule has 1 saturated carbocycles. The molecular formula is C13H17NO. The van der Waals surface area contributed by atoms with Crippen molar-refractivity contribution < 1.29 is 4.79 Å². The summed E-state index contributed by atoms with van der Waals surface area (Å²) in [5.74, 6) is 1.26. The third kappa shape index (κ3) is 2.44. The van der Waals surface area contributed by atoms with Crippen molar-refractivity contribution in [3.8, 4) is 0 Å². The standard InChI is InChI=1S/C13H17NO/c1-10-8-13(4-6-14-10)12-3-2-11(9-12)5-7-15/h4,6-8,11-12H,2-3,5,9H2,1H3. The van der Waals surface area contributed by atoms with Crippen LogP contribution in [0.5, 0.6) is 0 Å². The summed E-state index contributed by atoms with van der Waals surface area (Å²) in [7, 11) is 0. The van der Waals surface area contributed by atoms with Gasteiger partial charge in [0.2, 0.25) is 0 Å². The van der Waals surface area contributed by atoms with Gasteiger partial charge < -0.3 is 4.79 Å². The van der Waals surface area contributed by atoms with Gasteiger partial charge in [0, 0.05) is 18.3 Å². The van der Waals surface area contributed by atoms with Gasteiger partial charge in [-0.3, -0.25) is 4.98 Å². The highest BCUT2D eigenvalue weighted by atomic mass is 16.1. The van der Waals surface area contributed by atoms with E-state index in [-0.39, 0.29) is 0 Å². The first-order chi connectivity index (χ1) is 7.29. The monoisotopic (exact) mass is 203 g/mol. The molecule has 0 N–H and O–H groups in total. The van der Waals surface area contributed by atoms with Gasteiger partial charge in [0.1, 0.15) is 6.29 Å². The first-order valence-electron chi connectivity index (χ1n) is 5.66. The van der Waals surface area contributed by atoms with Gasteiger partial charge in [-0.15, -0.1) is 0 Å². The fourth-order valence-electron chi connectivity index (χ4n) is 2.55. The van der Waals surface area contributed by atoms with Crippen molar-refractivity contribution >= 4 is 6.29 Å². The topological polar surface area (TPSA) is 30.0 Å². The van der Waals surface area contributed by atoms with Crippen LogP contribution in [-0.4, -0.2) is 11.3 Å². The molecule has 0 aromatic carbocycles. The molecule has 2 unspecified atom stereocenters. The molecule has 0 radical (unpaired) electrons. The van der Waals surface area contributed by atoms with Gasteiger partial charge in [0.25, 0.3) is 0 Å². The van der Waals surface area contributed by atoms with Crippen LogP contribution >= 0.6 is 0 Å². The molecule has 0 spiro atoms. The molecule has 1 aliphatic carbocycles. The van der Waals surface area contributed by atoms with E-state index < -0.39 is 0 Å². The Kier molecular flexibility index (Phi) is 3.14. The summed E-state index contributed by atoms with van der Waals surface area (Å²) in [4.78, 5) is 14.7. The minimum absolute atomic E-state index is 0.612. The van der Waals surface area contributed by atoms with Crippen molar-refractivity contribution in [1.82, 2.24) is 4.98 Å². The van der Waals surface area contributed by atoms with Crippen LogP contribution in [0.2, 0.25) is 0 Å². The molecule has 1 aliphatic rings. The lowest BCUT2D eigenvalue weighted by molar-refractivity contribution is -0.108. The minimum atomic E-state index is 0.612. The van der Waals surface area contributed by atoms with Crippen LogP contribution in [0, 0.1) is 12.8 Å². The van der Waals surface area contributed by atoms with Gasteiger partial charge in [-0.05, 0) is 55.7 Å². The van der Waals surface area contributed by atoms with E-state index in [1.165, 1.54) is 24.8 Å². The van der Waals surface area contributed by atoms with Crippen LogP contribution < -0.4 is 0 Å². The lowest BCUT2D eigenvalue weighted by Crippen LogP contribution is -1.97. The molecule has 15 heavy (non-hydrogen) atoms. The lowest BCUT2D eigenvalue weighted by atomic mass is 9.96. The summed E-state index contributed by atoms with van der Waals surface area (Å²) in [6.45, 7) is 2.03. The lowest BCUT2D eigenvalue weighted by Gasteiger charge is -2.10. The number of nitrogens with zero attached hydrogens (tertiary/aromatic N) is 1. The van der Waals surface area contributed by atoms with Gasteiger partial charge in [-0.2, -0.15) is 0 Å². The second-order valence-electron chi connectivity index (χ2n) is 4.51. The first kappa shape index (κ1) is 10.3. The maximum Gasteiger partial charge on any atom is 0.120 e. The Morgan fingerprint density at radius 2 is 2.40 bits per heavy atom. The van der Waals surface area contributed by atoms with Gasteiger partial charge in [-0.25, -0.2) is 0 Å². The molecule has 80 valence electrons. The van der Waals surface area contributed by atoms with Gasteiger partial charge in [-0.1, -0.05) is 0 Å². The van der Waals surface area contributed by atoms with Crippen LogP contribution in [0.25, 0.3) is 0 Å². The SMILES string of the molecule is Cc1cc(C2CCC(CC=O)C2)ccn1. The Labute approximate surface area is 90.7 Å². The minimum Gasteiger partial charge on any atom is -0.303 e. The fourth-order valence-corrected chi connectivity index (χ4v) is 2.55. The Hall–Kier alpha value is -1.18. The molecular weight excluding hydrogens is 186 g/mol. The third-order valence-corrected chi connectivity index (χ3v) is 3.36. The van der Waals surface area contributed by atoms with E-state index in [0.717, 1.165) is 18.4 Å². The average Bonchev–Trinajstić information content (AvgIpc) is 2.67. The van der Waals surface area contributed by atoms with Crippen LogP contribution in [0.4, 0.5) is 0 Å². The van der Waals surface area contributed by atoms with Crippen molar-refractivity contribution in [2.45, 2.75) is 38.5 Å². The number of carbonyl (C=O) groups is 1. The normalized spacial score (nSPS) is 25.4. The highest BCUT2D eigenvalue weighted by Crippen LogP contribution is 2.39. The third-order valence-electron chi connectivity index (χ3n) is 3.36. The largest absolute Gasteiger partial charge is 0.303 e. The van der Waals surface area contributed by atoms with E-state index in [1.807, 2.05) is 13.1 Å². The van der Waals surface area contributed by atoms with E-state index in [9.17, 15) is 4.79 Å². The Morgan fingerprint density at radius 1 is 1.53 bits per heavy atom. The number of hydrogen-bond donors (Lipinski definition) is 0. The molecule has 1 aromatic heterocycles. The molecule has 2 rings (SSSR count). The highest BCUT2D eigenvalue weighted by molar-refractivity contribution is 5.49. The zero-order chi connectivity index (χ0) is 10.7. The Balaban J connectivity index is 2.04. The van der Waals surface area contributed by atoms with E-state index in [0.29, 0.717) is 11.8 Å². The number of aryl methyl sites for hydroxylation is 1. The molecule has 1 fully saturated rings. The number of aromatic nitrogens is 1. The summed E-state index contributed by atoms with van der Waals surface area (Å²) in [5, 5.41) is 0. The van der Waals surface area contributed by atoms with Crippen molar-refractivity contribution in [3.63, 3.8) is 0 Å². The average molecular weight is 203 g/mol. The van der Waals surface area contributed by atoms with Crippen LogP contribution in [0.15, 0.2) is 18.3 Å². The van der Waals surface area contributed by atoms with Crippen LogP contribution in [-0.2, 0) is 4.79 Å². The molecule has 2 atom stereocenters. The molecule has 2 heteroatoms. The maximum absolute atomic E-state index is 10.4. The predicted octanol–water partition coefficient (Wildman–Crippen LogP) is 2.86. The smallest absolute Gasteiger partial charge is 0.120 e. The van der Waals surface area contributed by atoms with Crippen LogP contribution in [0.3, 0.4) is 0 Å². The summed E-state index contributed by atoms with van der Waals surface area (Å²) in [6.07, 6.45) is 7.28. The highest BCUT2D eigenvalue weighted by Gasteiger charge is 2.25. The summed E-state index contributed by atoms with van der Waals surface area (Å²) < 4.78 is 0. The number of carbonyl (C=O) groups excluding carboxylic acids is 1. The molecule has 0 saturated heterocycles. The van der Waals surface area contributed by atoms with E-state index in [1.54, 1.807) is 0 Å². The Morgan fingerprint density at radius 3 is 3.13 bits per heavy atom. The predicted molar refractivity (Wildman–Crippen MR) is 59.7 cm³/mol. The molecule has 2 nitrogen and oxygen atoms in total. The molecule has 0 bridgehead atoms. The van der Waals surface area contributed by atoms with Gasteiger partial charge >= 0.3 is 0 Å². The molecule has 0 aliphatic heterocycles. The van der Waals surface area contributed by atoms with Crippen molar-refractivity contribution in [2.75, 3.05) is 0 Å².